The van der Waals surface area contributed by atoms with E-state index in [1.54, 1.807) is 18.5 Å². The number of nitrogens with one attached hydrogen (secondary N) is 1. The Morgan fingerprint density at radius 1 is 1.33 bits per heavy atom. The van der Waals surface area contributed by atoms with Crippen LogP contribution in [0.1, 0.15) is 31.3 Å². The number of hydrogen-bond donors (Lipinski definition) is 1. The molecule has 1 N–H and O–H groups in total. The zero-order valence-electron chi connectivity index (χ0n) is 12.3. The van der Waals surface area contributed by atoms with Gasteiger partial charge in [-0.2, -0.15) is 13.5 Å². The second kappa shape index (κ2) is 5.44. The third-order valence-electron chi connectivity index (χ3n) is 3.03. The maximum Gasteiger partial charge on any atom is 0.282 e. The SMILES string of the molecule is Cc1nn(C(C)C)c(C)c1NS(=O)(=O)c1ncccc1F. The molecule has 0 aliphatic heterocycles. The second-order valence-corrected chi connectivity index (χ2v) is 6.58. The highest BCUT2D eigenvalue weighted by molar-refractivity contribution is 7.92. The van der Waals surface area contributed by atoms with E-state index in [9.17, 15) is 12.8 Å². The van der Waals surface area contributed by atoms with Gasteiger partial charge in [-0.05, 0) is 39.8 Å². The molecule has 6 nitrogen and oxygen atoms in total. The molecule has 2 heterocycles. The van der Waals surface area contributed by atoms with Crippen LogP contribution < -0.4 is 4.72 Å². The highest BCUT2D eigenvalue weighted by Crippen LogP contribution is 2.25. The molecule has 0 spiro atoms. The van der Waals surface area contributed by atoms with Crippen LogP contribution in [0.4, 0.5) is 10.1 Å². The molecule has 0 aliphatic carbocycles. The molecule has 2 aromatic heterocycles. The summed E-state index contributed by atoms with van der Waals surface area (Å²) in [5, 5.41) is 3.66. The Bertz CT molecular complexity index is 768. The van der Waals surface area contributed by atoms with Gasteiger partial charge in [0.15, 0.2) is 5.82 Å². The molecule has 0 aromatic carbocycles. The minimum Gasteiger partial charge on any atom is -0.275 e. The van der Waals surface area contributed by atoms with Crippen LogP contribution in [0.5, 0.6) is 0 Å². The molecule has 0 fully saturated rings. The van der Waals surface area contributed by atoms with Crippen molar-refractivity contribution in [1.29, 1.82) is 0 Å². The number of sulfonamides is 1. The molecule has 0 amide bonds. The van der Waals surface area contributed by atoms with Gasteiger partial charge in [-0.1, -0.05) is 0 Å². The van der Waals surface area contributed by atoms with Crippen molar-refractivity contribution >= 4 is 15.7 Å². The van der Waals surface area contributed by atoms with E-state index >= 15 is 0 Å². The Balaban J connectivity index is 2.45. The molecule has 0 aliphatic rings. The van der Waals surface area contributed by atoms with Crippen molar-refractivity contribution in [2.75, 3.05) is 4.72 Å². The summed E-state index contributed by atoms with van der Waals surface area (Å²) >= 11 is 0. The summed E-state index contributed by atoms with van der Waals surface area (Å²) in [4.78, 5) is 3.59. The zero-order chi connectivity index (χ0) is 15.8. The second-order valence-electron chi connectivity index (χ2n) is 4.98. The average Bonchev–Trinajstić information content (AvgIpc) is 2.67. The van der Waals surface area contributed by atoms with Crippen molar-refractivity contribution in [3.05, 3.63) is 35.5 Å². The van der Waals surface area contributed by atoms with Gasteiger partial charge in [-0.25, -0.2) is 9.37 Å². The van der Waals surface area contributed by atoms with Gasteiger partial charge in [-0.15, -0.1) is 0 Å². The van der Waals surface area contributed by atoms with Gasteiger partial charge in [0.25, 0.3) is 10.0 Å². The molecule has 21 heavy (non-hydrogen) atoms. The molecule has 114 valence electrons. The third-order valence-corrected chi connectivity index (χ3v) is 4.31. The van der Waals surface area contributed by atoms with Gasteiger partial charge >= 0.3 is 0 Å². The Labute approximate surface area is 123 Å². The smallest absolute Gasteiger partial charge is 0.275 e. The number of halogens is 1. The first-order chi connectivity index (χ1) is 9.74. The molecule has 0 radical (unpaired) electrons. The van der Waals surface area contributed by atoms with Crippen LogP contribution in [0.2, 0.25) is 0 Å². The van der Waals surface area contributed by atoms with E-state index in [1.165, 1.54) is 12.3 Å². The lowest BCUT2D eigenvalue weighted by molar-refractivity contribution is 0.516. The fourth-order valence-electron chi connectivity index (χ4n) is 2.07. The number of rotatable bonds is 4. The van der Waals surface area contributed by atoms with Gasteiger partial charge in [0.1, 0.15) is 0 Å². The molecule has 0 bridgehead atoms. The van der Waals surface area contributed by atoms with Crippen molar-refractivity contribution in [2.24, 2.45) is 0 Å². The topological polar surface area (TPSA) is 76.9 Å². The van der Waals surface area contributed by atoms with Gasteiger partial charge in [0.05, 0.1) is 17.1 Å². The van der Waals surface area contributed by atoms with E-state index < -0.39 is 20.9 Å². The van der Waals surface area contributed by atoms with E-state index in [2.05, 4.69) is 14.8 Å². The van der Waals surface area contributed by atoms with Crippen molar-refractivity contribution in [1.82, 2.24) is 14.8 Å². The highest BCUT2D eigenvalue weighted by Gasteiger charge is 2.24. The minimum atomic E-state index is -4.09. The van der Waals surface area contributed by atoms with Crippen molar-refractivity contribution in [3.8, 4) is 0 Å². The predicted octanol–water partition coefficient (Wildman–Crippen LogP) is 2.42. The van der Waals surface area contributed by atoms with E-state index in [0.717, 1.165) is 6.07 Å². The number of aromatic nitrogens is 3. The van der Waals surface area contributed by atoms with Crippen LogP contribution in [-0.4, -0.2) is 23.2 Å². The maximum atomic E-state index is 13.6. The van der Waals surface area contributed by atoms with Crippen LogP contribution in [0, 0.1) is 19.7 Å². The lowest BCUT2D eigenvalue weighted by Gasteiger charge is -2.10. The molecule has 2 rings (SSSR count). The van der Waals surface area contributed by atoms with Crippen molar-refractivity contribution in [2.45, 2.75) is 38.8 Å². The monoisotopic (exact) mass is 312 g/mol. The van der Waals surface area contributed by atoms with Crippen molar-refractivity contribution < 1.29 is 12.8 Å². The summed E-state index contributed by atoms with van der Waals surface area (Å²) in [7, 11) is -4.09. The van der Waals surface area contributed by atoms with Crippen molar-refractivity contribution in [3.63, 3.8) is 0 Å². The molecule has 0 atom stereocenters. The molecule has 2 aromatic rings. The Hall–Kier alpha value is -1.96. The first-order valence-corrected chi connectivity index (χ1v) is 7.91. The summed E-state index contributed by atoms with van der Waals surface area (Å²) in [5.74, 6) is -0.892. The van der Waals surface area contributed by atoms with E-state index in [0.29, 0.717) is 17.1 Å². The summed E-state index contributed by atoms with van der Waals surface area (Å²) in [5.41, 5.74) is 1.55. The largest absolute Gasteiger partial charge is 0.282 e. The molecule has 0 saturated heterocycles. The Morgan fingerprint density at radius 3 is 2.52 bits per heavy atom. The molecular weight excluding hydrogens is 295 g/mol. The predicted molar refractivity (Wildman–Crippen MR) is 77.1 cm³/mol. The van der Waals surface area contributed by atoms with Gasteiger partial charge < -0.3 is 0 Å². The number of hydrogen-bond acceptors (Lipinski definition) is 4. The summed E-state index contributed by atoms with van der Waals surface area (Å²) in [6.07, 6.45) is 1.23. The van der Waals surface area contributed by atoms with Crippen LogP contribution in [-0.2, 0) is 10.0 Å². The molecule has 0 saturated carbocycles. The highest BCUT2D eigenvalue weighted by atomic mass is 32.2. The van der Waals surface area contributed by atoms with Gasteiger partial charge in [0.2, 0.25) is 5.03 Å². The van der Waals surface area contributed by atoms with Crippen LogP contribution >= 0.6 is 0 Å². The Morgan fingerprint density at radius 2 is 2.00 bits per heavy atom. The summed E-state index contributed by atoms with van der Waals surface area (Å²) in [6.45, 7) is 7.33. The number of nitrogens with zero attached hydrogens (tertiary/aromatic N) is 3. The van der Waals surface area contributed by atoms with E-state index in [1.807, 2.05) is 13.8 Å². The molecular formula is C13H17FN4O2S. The number of anilines is 1. The van der Waals surface area contributed by atoms with Gasteiger partial charge in [-0.3, -0.25) is 9.40 Å². The quantitative estimate of drug-likeness (QED) is 0.940. The van der Waals surface area contributed by atoms with E-state index in [-0.39, 0.29) is 6.04 Å². The van der Waals surface area contributed by atoms with Crippen LogP contribution in [0.15, 0.2) is 23.4 Å². The van der Waals surface area contributed by atoms with Crippen LogP contribution in [0.25, 0.3) is 0 Å². The zero-order valence-corrected chi connectivity index (χ0v) is 13.1. The standard InChI is InChI=1S/C13H17FN4O2S/c1-8(2)18-10(4)12(9(3)16-18)17-21(19,20)13-11(14)6-5-7-15-13/h5-8,17H,1-4H3. The first-order valence-electron chi connectivity index (χ1n) is 6.43. The molecule has 0 unspecified atom stereocenters. The number of aryl methyl sites for hydroxylation is 1. The average molecular weight is 312 g/mol. The summed E-state index contributed by atoms with van der Waals surface area (Å²) < 4.78 is 42.2. The number of pyridine rings is 1. The lowest BCUT2D eigenvalue weighted by atomic mass is 10.3. The third kappa shape index (κ3) is 2.90. The normalized spacial score (nSPS) is 11.9. The Kier molecular flexibility index (Phi) is 3.99. The fourth-order valence-corrected chi connectivity index (χ4v) is 3.25. The maximum absolute atomic E-state index is 13.6. The minimum absolute atomic E-state index is 0.0912. The lowest BCUT2D eigenvalue weighted by Crippen LogP contribution is -2.17. The molecule has 8 heteroatoms. The van der Waals surface area contributed by atoms with Gasteiger partial charge in [0, 0.05) is 12.2 Å². The summed E-state index contributed by atoms with van der Waals surface area (Å²) in [6, 6.07) is 2.48. The van der Waals surface area contributed by atoms with E-state index in [4.69, 9.17) is 0 Å². The first kappa shape index (κ1) is 15.4. The van der Waals surface area contributed by atoms with Crippen LogP contribution in [0.3, 0.4) is 0 Å². The fraction of sp³-hybridized carbons (Fsp3) is 0.385.